The highest BCUT2D eigenvalue weighted by Gasteiger charge is 2.06. The maximum atomic E-state index is 13.1. The van der Waals surface area contributed by atoms with Crippen LogP contribution in [0.5, 0.6) is 0 Å². The van der Waals surface area contributed by atoms with Crippen molar-refractivity contribution in [2.45, 2.75) is 6.54 Å². The third-order valence-electron chi connectivity index (χ3n) is 3.08. The number of hydrogen-bond acceptors (Lipinski definition) is 4. The summed E-state index contributed by atoms with van der Waals surface area (Å²) in [6.07, 6.45) is 1.60. The number of halogens is 2. The third kappa shape index (κ3) is 3.80. The monoisotopic (exact) mass is 310 g/mol. The number of hydrogen-bond donors (Lipinski definition) is 1. The van der Waals surface area contributed by atoms with Crippen molar-refractivity contribution < 1.29 is 4.39 Å². The zero-order valence-electron chi connectivity index (χ0n) is 11.6. The molecule has 0 aliphatic carbocycles. The lowest BCUT2D eigenvalue weighted by atomic mass is 10.2. The molecule has 2 rings (SSSR count). The molecule has 1 aromatic carbocycles. The lowest BCUT2D eigenvalue weighted by Gasteiger charge is -2.17. The van der Waals surface area contributed by atoms with Crippen molar-refractivity contribution in [1.29, 1.82) is 0 Å². The van der Waals surface area contributed by atoms with Gasteiger partial charge in [-0.15, -0.1) is 0 Å². The maximum Gasteiger partial charge on any atom is 0.269 e. The van der Waals surface area contributed by atoms with Crippen molar-refractivity contribution in [2.24, 2.45) is 5.73 Å². The Labute approximate surface area is 126 Å². The molecule has 0 unspecified atom stereocenters. The van der Waals surface area contributed by atoms with Crippen molar-refractivity contribution in [1.82, 2.24) is 9.78 Å². The van der Waals surface area contributed by atoms with Crippen LogP contribution in [0.1, 0.15) is 5.56 Å². The highest BCUT2D eigenvalue weighted by Crippen LogP contribution is 2.16. The smallest absolute Gasteiger partial charge is 0.269 e. The number of likely N-dealkylation sites (N-methyl/N-ethyl adjacent to an activating group) is 1. The van der Waals surface area contributed by atoms with Crippen LogP contribution in [0, 0.1) is 5.82 Å². The molecule has 1 heterocycles. The Morgan fingerprint density at radius 1 is 1.43 bits per heavy atom. The Kier molecular flexibility index (Phi) is 4.93. The molecular weight excluding hydrogens is 295 g/mol. The molecule has 0 atom stereocenters. The highest BCUT2D eigenvalue weighted by molar-refractivity contribution is 6.30. The van der Waals surface area contributed by atoms with Crippen LogP contribution in [0.4, 0.5) is 10.1 Å². The van der Waals surface area contributed by atoms with E-state index in [1.54, 1.807) is 12.3 Å². The molecule has 0 saturated carbocycles. The molecule has 0 bridgehead atoms. The summed E-state index contributed by atoms with van der Waals surface area (Å²) >= 11 is 5.72. The van der Waals surface area contributed by atoms with E-state index in [9.17, 15) is 9.18 Å². The zero-order valence-corrected chi connectivity index (χ0v) is 12.3. The van der Waals surface area contributed by atoms with E-state index in [2.05, 4.69) is 5.10 Å². The summed E-state index contributed by atoms with van der Waals surface area (Å²) in [5.41, 5.74) is 6.65. The van der Waals surface area contributed by atoms with Crippen molar-refractivity contribution in [3.63, 3.8) is 0 Å². The van der Waals surface area contributed by atoms with E-state index in [4.69, 9.17) is 17.3 Å². The minimum Gasteiger partial charge on any atom is -0.372 e. The topological polar surface area (TPSA) is 64.2 Å². The molecule has 2 N–H and O–H groups in total. The van der Waals surface area contributed by atoms with E-state index in [1.165, 1.54) is 22.9 Å². The molecule has 0 aliphatic heterocycles. The maximum absolute atomic E-state index is 13.1. The summed E-state index contributed by atoms with van der Waals surface area (Å²) in [4.78, 5) is 13.9. The van der Waals surface area contributed by atoms with Crippen molar-refractivity contribution in [2.75, 3.05) is 25.0 Å². The van der Waals surface area contributed by atoms with Gasteiger partial charge in [0.1, 0.15) is 5.82 Å². The molecule has 0 amide bonds. The van der Waals surface area contributed by atoms with Gasteiger partial charge in [-0.2, -0.15) is 5.10 Å². The Balaban J connectivity index is 2.21. The van der Waals surface area contributed by atoms with Crippen molar-refractivity contribution in [3.8, 4) is 0 Å². The quantitative estimate of drug-likeness (QED) is 0.908. The van der Waals surface area contributed by atoms with Crippen LogP contribution in [0.3, 0.4) is 0 Å². The van der Waals surface area contributed by atoms with Crippen LogP contribution in [0.15, 0.2) is 35.3 Å². The lowest BCUT2D eigenvalue weighted by Crippen LogP contribution is -2.29. The van der Waals surface area contributed by atoms with Gasteiger partial charge in [-0.3, -0.25) is 4.79 Å². The van der Waals surface area contributed by atoms with Gasteiger partial charge in [0.25, 0.3) is 5.56 Å². The van der Waals surface area contributed by atoms with Crippen LogP contribution in [-0.2, 0) is 6.54 Å². The van der Waals surface area contributed by atoms with Crippen LogP contribution < -0.4 is 16.2 Å². The van der Waals surface area contributed by atoms with Crippen LogP contribution in [0.25, 0.3) is 0 Å². The minimum absolute atomic E-state index is 0.0276. The normalized spacial score (nSPS) is 10.7. The summed E-state index contributed by atoms with van der Waals surface area (Å²) in [6.45, 7) is 1.37. The Morgan fingerprint density at radius 3 is 2.81 bits per heavy atom. The minimum atomic E-state index is -0.487. The highest BCUT2D eigenvalue weighted by atomic mass is 35.5. The van der Waals surface area contributed by atoms with Gasteiger partial charge in [0, 0.05) is 26.2 Å². The van der Waals surface area contributed by atoms with Gasteiger partial charge < -0.3 is 10.6 Å². The van der Waals surface area contributed by atoms with Gasteiger partial charge in [-0.1, -0.05) is 17.7 Å². The first-order chi connectivity index (χ1) is 10.0. The first kappa shape index (κ1) is 15.5. The Bertz CT molecular complexity index is 689. The number of rotatable bonds is 5. The van der Waals surface area contributed by atoms with Gasteiger partial charge in [-0.25, -0.2) is 9.07 Å². The fourth-order valence-corrected chi connectivity index (χ4v) is 2.09. The van der Waals surface area contributed by atoms with Gasteiger partial charge in [0.15, 0.2) is 0 Å². The first-order valence-electron chi connectivity index (χ1n) is 6.43. The van der Waals surface area contributed by atoms with Crippen molar-refractivity contribution >= 4 is 17.3 Å². The first-order valence-corrected chi connectivity index (χ1v) is 6.81. The van der Waals surface area contributed by atoms with Crippen LogP contribution in [-0.4, -0.2) is 29.9 Å². The van der Waals surface area contributed by atoms with E-state index >= 15 is 0 Å². The average molecular weight is 311 g/mol. The number of anilines is 1. The second kappa shape index (κ2) is 6.69. The molecule has 0 saturated heterocycles. The van der Waals surface area contributed by atoms with E-state index in [-0.39, 0.29) is 17.1 Å². The summed E-state index contributed by atoms with van der Waals surface area (Å²) in [5, 5.41) is 4.14. The van der Waals surface area contributed by atoms with E-state index < -0.39 is 5.82 Å². The molecule has 0 radical (unpaired) electrons. The number of nitrogens with zero attached hydrogens (tertiary/aromatic N) is 3. The SMILES string of the molecule is CN(CCN)c1cnn(Cc2ccc(F)c(Cl)c2)c(=O)c1. The molecule has 2 aromatic rings. The Hall–Kier alpha value is -1.92. The predicted molar refractivity (Wildman–Crippen MR) is 81.3 cm³/mol. The molecule has 7 heteroatoms. The third-order valence-corrected chi connectivity index (χ3v) is 3.37. The van der Waals surface area contributed by atoms with E-state index in [0.717, 1.165) is 0 Å². The van der Waals surface area contributed by atoms with Crippen molar-refractivity contribution in [3.05, 3.63) is 57.2 Å². The summed E-state index contributed by atoms with van der Waals surface area (Å²) in [7, 11) is 1.84. The van der Waals surface area contributed by atoms with Gasteiger partial charge in [0.05, 0.1) is 23.5 Å². The van der Waals surface area contributed by atoms with Crippen LogP contribution >= 0.6 is 11.6 Å². The molecule has 21 heavy (non-hydrogen) atoms. The van der Waals surface area contributed by atoms with E-state index in [1.807, 2.05) is 11.9 Å². The summed E-state index contributed by atoms with van der Waals surface area (Å²) in [6, 6.07) is 5.82. The average Bonchev–Trinajstić information content (AvgIpc) is 2.45. The number of nitrogens with two attached hydrogens (primary N) is 1. The Morgan fingerprint density at radius 2 is 2.19 bits per heavy atom. The second-order valence-corrected chi connectivity index (χ2v) is 5.08. The molecule has 0 aliphatic rings. The summed E-state index contributed by atoms with van der Waals surface area (Å²) in [5.74, 6) is -0.487. The lowest BCUT2D eigenvalue weighted by molar-refractivity contribution is 0.618. The van der Waals surface area contributed by atoms with Gasteiger partial charge >= 0.3 is 0 Å². The standard InChI is InChI=1S/C14H16ClFN4O/c1-19(5-4-17)11-7-14(21)20(18-8-11)9-10-2-3-13(16)12(15)6-10/h2-3,6-8H,4-5,9,17H2,1H3. The van der Waals surface area contributed by atoms with E-state index in [0.29, 0.717) is 24.3 Å². The molecule has 5 nitrogen and oxygen atoms in total. The van der Waals surface area contributed by atoms with Crippen LogP contribution in [0.2, 0.25) is 5.02 Å². The molecule has 112 valence electrons. The summed E-state index contributed by atoms with van der Waals surface area (Å²) < 4.78 is 14.4. The van der Waals surface area contributed by atoms with Gasteiger partial charge in [-0.05, 0) is 17.7 Å². The molecular formula is C14H16ClFN4O. The molecule has 0 spiro atoms. The fourth-order valence-electron chi connectivity index (χ4n) is 1.89. The molecule has 0 fully saturated rings. The second-order valence-electron chi connectivity index (χ2n) is 4.67. The zero-order chi connectivity index (χ0) is 15.4. The van der Waals surface area contributed by atoms with Gasteiger partial charge in [0.2, 0.25) is 0 Å². The number of aromatic nitrogens is 2. The largest absolute Gasteiger partial charge is 0.372 e. The molecule has 1 aromatic heterocycles. The predicted octanol–water partition coefficient (Wildman–Crippen LogP) is 1.48. The number of benzene rings is 1. The fraction of sp³-hybridized carbons (Fsp3) is 0.286.